The Morgan fingerprint density at radius 2 is 2.00 bits per heavy atom. The van der Waals surface area contributed by atoms with E-state index in [2.05, 4.69) is 15.5 Å². The summed E-state index contributed by atoms with van der Waals surface area (Å²) < 4.78 is 16.4. The van der Waals surface area contributed by atoms with Crippen LogP contribution in [-0.2, 0) is 0 Å². The maximum atomic E-state index is 12.9. The van der Waals surface area contributed by atoms with Gasteiger partial charge in [-0.2, -0.15) is 4.98 Å². The van der Waals surface area contributed by atoms with Gasteiger partial charge in [-0.25, -0.2) is 0 Å². The Hall–Kier alpha value is -3.06. The smallest absolute Gasteiger partial charge is 0.255 e. The van der Waals surface area contributed by atoms with E-state index in [-0.39, 0.29) is 5.91 Å². The van der Waals surface area contributed by atoms with Crippen LogP contribution in [0.2, 0.25) is 5.02 Å². The van der Waals surface area contributed by atoms with E-state index in [0.717, 1.165) is 6.42 Å². The topological polar surface area (TPSA) is 86.5 Å². The van der Waals surface area contributed by atoms with Crippen LogP contribution in [0.1, 0.15) is 36.5 Å². The van der Waals surface area contributed by atoms with Crippen LogP contribution in [0.15, 0.2) is 40.9 Å². The molecule has 152 valence electrons. The highest BCUT2D eigenvalue weighted by Crippen LogP contribution is 2.37. The minimum Gasteiger partial charge on any atom is -0.490 e. The van der Waals surface area contributed by atoms with Crippen molar-refractivity contribution in [2.45, 2.75) is 27.2 Å². The molecule has 0 bridgehead atoms. The summed E-state index contributed by atoms with van der Waals surface area (Å²) in [6.07, 6.45) is 0.830. The van der Waals surface area contributed by atoms with Gasteiger partial charge in [-0.05, 0) is 37.6 Å². The lowest BCUT2D eigenvalue weighted by Crippen LogP contribution is -2.13. The van der Waals surface area contributed by atoms with Gasteiger partial charge < -0.3 is 19.3 Å². The molecule has 1 heterocycles. The number of amides is 1. The van der Waals surface area contributed by atoms with Gasteiger partial charge in [0.1, 0.15) is 0 Å². The molecule has 0 unspecified atom stereocenters. The number of para-hydroxylation sites is 1. The van der Waals surface area contributed by atoms with Crippen molar-refractivity contribution >= 4 is 23.2 Å². The molecule has 0 aliphatic heterocycles. The number of carbonyl (C=O) groups excluding carboxylic acids is 1. The molecule has 8 heteroatoms. The van der Waals surface area contributed by atoms with Crippen molar-refractivity contribution < 1.29 is 18.8 Å². The van der Waals surface area contributed by atoms with Crippen LogP contribution in [-0.4, -0.2) is 29.3 Å². The van der Waals surface area contributed by atoms with Crippen LogP contribution in [0.25, 0.3) is 11.4 Å². The first-order valence-electron chi connectivity index (χ1n) is 9.33. The molecule has 1 aromatic heterocycles. The number of nitrogens with one attached hydrogen (secondary N) is 1. The molecule has 7 nitrogen and oxygen atoms in total. The first-order chi connectivity index (χ1) is 14.0. The van der Waals surface area contributed by atoms with E-state index >= 15 is 0 Å². The van der Waals surface area contributed by atoms with Crippen LogP contribution in [0.3, 0.4) is 0 Å². The SMILES string of the molecule is CCCOc1c(Cl)cc(C(=O)Nc2ccccc2-c2noc(C)n2)cc1OCC. The zero-order valence-electron chi connectivity index (χ0n) is 16.5. The Balaban J connectivity index is 1.90. The molecule has 2 aromatic carbocycles. The Morgan fingerprint density at radius 3 is 2.69 bits per heavy atom. The number of ether oxygens (including phenoxy) is 2. The monoisotopic (exact) mass is 415 g/mol. The minimum atomic E-state index is -0.345. The first-order valence-corrected chi connectivity index (χ1v) is 9.71. The average Bonchev–Trinajstić information content (AvgIpc) is 3.14. The quantitative estimate of drug-likeness (QED) is 0.548. The van der Waals surface area contributed by atoms with Gasteiger partial charge in [0.05, 0.1) is 23.9 Å². The second-order valence-electron chi connectivity index (χ2n) is 6.20. The van der Waals surface area contributed by atoms with E-state index < -0.39 is 0 Å². The zero-order valence-corrected chi connectivity index (χ0v) is 17.2. The number of nitrogens with zero attached hydrogens (tertiary/aromatic N) is 2. The molecular formula is C21H22ClN3O4. The van der Waals surface area contributed by atoms with Crippen molar-refractivity contribution in [1.82, 2.24) is 10.1 Å². The summed E-state index contributed by atoms with van der Waals surface area (Å²) in [4.78, 5) is 17.1. The van der Waals surface area contributed by atoms with E-state index in [1.165, 1.54) is 0 Å². The first kappa shape index (κ1) is 20.7. The van der Waals surface area contributed by atoms with Crippen LogP contribution in [0.5, 0.6) is 11.5 Å². The van der Waals surface area contributed by atoms with Gasteiger partial charge in [0.15, 0.2) is 11.5 Å². The van der Waals surface area contributed by atoms with Crippen LogP contribution in [0.4, 0.5) is 5.69 Å². The largest absolute Gasteiger partial charge is 0.490 e. The highest BCUT2D eigenvalue weighted by Gasteiger charge is 2.18. The molecule has 0 spiro atoms. The van der Waals surface area contributed by atoms with Crippen molar-refractivity contribution in [3.05, 3.63) is 52.9 Å². The van der Waals surface area contributed by atoms with Gasteiger partial charge in [-0.1, -0.05) is 35.8 Å². The highest BCUT2D eigenvalue weighted by molar-refractivity contribution is 6.32. The van der Waals surface area contributed by atoms with Crippen molar-refractivity contribution in [1.29, 1.82) is 0 Å². The summed E-state index contributed by atoms with van der Waals surface area (Å²) in [7, 11) is 0. The maximum absolute atomic E-state index is 12.9. The van der Waals surface area contributed by atoms with Crippen molar-refractivity contribution in [3.8, 4) is 22.9 Å². The van der Waals surface area contributed by atoms with Gasteiger partial charge in [0.2, 0.25) is 11.7 Å². The number of hydrogen-bond donors (Lipinski definition) is 1. The zero-order chi connectivity index (χ0) is 20.8. The Bertz CT molecular complexity index is 1000. The minimum absolute atomic E-state index is 0.316. The second-order valence-corrected chi connectivity index (χ2v) is 6.61. The highest BCUT2D eigenvalue weighted by atomic mass is 35.5. The summed E-state index contributed by atoms with van der Waals surface area (Å²) in [5.74, 6) is 1.37. The summed E-state index contributed by atoms with van der Waals surface area (Å²) in [6, 6.07) is 10.4. The fourth-order valence-electron chi connectivity index (χ4n) is 2.70. The normalized spacial score (nSPS) is 10.6. The Kier molecular flexibility index (Phi) is 6.72. The molecule has 3 rings (SSSR count). The van der Waals surface area contributed by atoms with Crippen LogP contribution >= 0.6 is 11.6 Å². The third kappa shape index (κ3) is 4.86. The van der Waals surface area contributed by atoms with Gasteiger partial charge >= 0.3 is 0 Å². The molecule has 0 aliphatic rings. The fourth-order valence-corrected chi connectivity index (χ4v) is 2.96. The predicted octanol–water partition coefficient (Wildman–Crippen LogP) is 5.14. The lowest BCUT2D eigenvalue weighted by Gasteiger charge is -2.15. The standard InChI is InChI=1S/C21H22ClN3O4/c1-4-10-28-19-16(22)11-14(12-18(19)27-5-2)21(26)24-17-9-7-6-8-15(17)20-23-13(3)29-25-20/h6-9,11-12H,4-5,10H2,1-3H3,(H,24,26). The lowest BCUT2D eigenvalue weighted by atomic mass is 10.1. The molecule has 0 saturated heterocycles. The molecule has 1 N–H and O–H groups in total. The summed E-state index contributed by atoms with van der Waals surface area (Å²) in [5.41, 5.74) is 1.55. The van der Waals surface area contributed by atoms with Crippen molar-refractivity contribution in [2.24, 2.45) is 0 Å². The molecule has 0 aliphatic carbocycles. The third-order valence-corrected chi connectivity index (χ3v) is 4.25. The molecular weight excluding hydrogens is 394 g/mol. The number of aromatic nitrogens is 2. The van der Waals surface area contributed by atoms with Crippen molar-refractivity contribution in [2.75, 3.05) is 18.5 Å². The van der Waals surface area contributed by atoms with E-state index in [1.807, 2.05) is 26.0 Å². The Morgan fingerprint density at radius 1 is 1.21 bits per heavy atom. The van der Waals surface area contributed by atoms with E-state index in [9.17, 15) is 4.79 Å². The maximum Gasteiger partial charge on any atom is 0.255 e. The van der Waals surface area contributed by atoms with Gasteiger partial charge in [-0.15, -0.1) is 0 Å². The molecule has 0 fully saturated rings. The average molecular weight is 416 g/mol. The summed E-state index contributed by atoms with van der Waals surface area (Å²) >= 11 is 6.37. The van der Waals surface area contributed by atoms with E-state index in [1.54, 1.807) is 31.2 Å². The van der Waals surface area contributed by atoms with Crippen LogP contribution < -0.4 is 14.8 Å². The van der Waals surface area contributed by atoms with Gasteiger partial charge in [-0.3, -0.25) is 4.79 Å². The van der Waals surface area contributed by atoms with Gasteiger partial charge in [0.25, 0.3) is 5.91 Å². The predicted molar refractivity (Wildman–Crippen MR) is 111 cm³/mol. The number of aryl methyl sites for hydroxylation is 1. The number of benzene rings is 2. The van der Waals surface area contributed by atoms with Crippen LogP contribution in [0, 0.1) is 6.92 Å². The molecule has 0 saturated carbocycles. The van der Waals surface area contributed by atoms with Gasteiger partial charge in [0, 0.05) is 18.1 Å². The third-order valence-electron chi connectivity index (χ3n) is 3.97. The molecule has 0 atom stereocenters. The number of hydrogen-bond acceptors (Lipinski definition) is 6. The number of rotatable bonds is 8. The molecule has 0 radical (unpaired) electrons. The summed E-state index contributed by atoms with van der Waals surface area (Å²) in [6.45, 7) is 6.48. The lowest BCUT2D eigenvalue weighted by molar-refractivity contribution is 0.102. The second kappa shape index (κ2) is 9.43. The fraction of sp³-hybridized carbons (Fsp3) is 0.286. The van der Waals surface area contributed by atoms with Crippen molar-refractivity contribution in [3.63, 3.8) is 0 Å². The number of anilines is 1. The Labute approximate surface area is 174 Å². The summed E-state index contributed by atoms with van der Waals surface area (Å²) in [5, 5.41) is 7.12. The molecule has 3 aromatic rings. The molecule has 29 heavy (non-hydrogen) atoms. The number of carbonyl (C=O) groups is 1. The van der Waals surface area contributed by atoms with E-state index in [0.29, 0.717) is 58.3 Å². The van der Waals surface area contributed by atoms with E-state index in [4.69, 9.17) is 25.6 Å². The number of halogens is 1. The molecule has 1 amide bonds.